The van der Waals surface area contributed by atoms with Crippen LogP contribution in [-0.2, 0) is 23.7 Å². The van der Waals surface area contributed by atoms with Crippen molar-refractivity contribution in [2.24, 2.45) is 0 Å². The summed E-state index contributed by atoms with van der Waals surface area (Å²) in [5.41, 5.74) is 0.143. The highest BCUT2D eigenvalue weighted by molar-refractivity contribution is 6.02. The molecule has 2 aliphatic rings. The molecule has 0 aliphatic carbocycles. The molecular formula is C14H18N2O7. The lowest BCUT2D eigenvalue weighted by Crippen LogP contribution is -2.26. The van der Waals surface area contributed by atoms with Crippen LogP contribution in [0.15, 0.2) is 0 Å². The number of carbonyl (C=O) groups is 2. The van der Waals surface area contributed by atoms with Crippen LogP contribution in [-0.4, -0.2) is 61.0 Å². The fourth-order valence-corrected chi connectivity index (χ4v) is 2.90. The quantitative estimate of drug-likeness (QED) is 0.803. The van der Waals surface area contributed by atoms with Gasteiger partial charge in [0.1, 0.15) is 23.9 Å². The predicted octanol–water partition coefficient (Wildman–Crippen LogP) is 0.574. The van der Waals surface area contributed by atoms with Crippen LogP contribution in [0.3, 0.4) is 0 Å². The number of methoxy groups -OCH3 is 2. The number of hydrogen-bond acceptors (Lipinski definition) is 8. The third-order valence-corrected chi connectivity index (χ3v) is 3.81. The lowest BCUT2D eigenvalue weighted by atomic mass is 10.0. The Hall–Kier alpha value is -1.97. The van der Waals surface area contributed by atoms with Gasteiger partial charge in [-0.1, -0.05) is 0 Å². The fraction of sp³-hybridized carbons (Fsp3) is 0.643. The summed E-state index contributed by atoms with van der Waals surface area (Å²) in [5, 5.41) is 6.55. The normalized spacial score (nSPS) is 28.4. The van der Waals surface area contributed by atoms with E-state index < -0.39 is 29.9 Å². The smallest absolute Gasteiger partial charge is 0.359 e. The van der Waals surface area contributed by atoms with Gasteiger partial charge in [-0.2, -0.15) is 5.10 Å². The third-order valence-electron chi connectivity index (χ3n) is 3.81. The van der Waals surface area contributed by atoms with Gasteiger partial charge in [0, 0.05) is 0 Å². The van der Waals surface area contributed by atoms with Crippen molar-refractivity contribution in [3.05, 3.63) is 17.0 Å². The van der Waals surface area contributed by atoms with Crippen molar-refractivity contribution in [2.75, 3.05) is 20.8 Å². The first kappa shape index (κ1) is 15.9. The lowest BCUT2D eigenvalue weighted by Gasteiger charge is -2.21. The molecule has 0 amide bonds. The highest BCUT2D eigenvalue weighted by Gasteiger charge is 2.52. The van der Waals surface area contributed by atoms with Crippen molar-refractivity contribution in [2.45, 2.75) is 37.9 Å². The molecule has 9 nitrogen and oxygen atoms in total. The highest BCUT2D eigenvalue weighted by Crippen LogP contribution is 2.42. The molecule has 1 aromatic heterocycles. The Bertz CT molecular complexity index is 639. The van der Waals surface area contributed by atoms with E-state index in [1.807, 2.05) is 0 Å². The second kappa shape index (κ2) is 5.59. The number of H-pyrrole nitrogens is 1. The molecule has 2 saturated heterocycles. The third kappa shape index (κ3) is 2.60. The van der Waals surface area contributed by atoms with Gasteiger partial charge >= 0.3 is 11.9 Å². The maximum atomic E-state index is 12.1. The van der Waals surface area contributed by atoms with Crippen LogP contribution < -0.4 is 0 Å². The Kier molecular flexibility index (Phi) is 3.86. The molecule has 3 heterocycles. The number of fused-ring (bicyclic) bond motifs is 1. The Balaban J connectivity index is 1.98. The van der Waals surface area contributed by atoms with Gasteiger partial charge < -0.3 is 23.7 Å². The average Bonchev–Trinajstić information content (AvgIpc) is 3.16. The molecule has 0 radical (unpaired) electrons. The van der Waals surface area contributed by atoms with Gasteiger partial charge in [-0.25, -0.2) is 9.59 Å². The van der Waals surface area contributed by atoms with Gasteiger partial charge in [0.05, 0.1) is 26.5 Å². The Morgan fingerprint density at radius 1 is 1.22 bits per heavy atom. The molecule has 0 unspecified atom stereocenters. The van der Waals surface area contributed by atoms with E-state index in [-0.39, 0.29) is 17.4 Å². The van der Waals surface area contributed by atoms with Crippen molar-refractivity contribution in [3.63, 3.8) is 0 Å². The maximum absolute atomic E-state index is 12.1. The molecule has 0 saturated carbocycles. The molecule has 1 N–H and O–H groups in total. The molecule has 126 valence electrons. The maximum Gasteiger partial charge on any atom is 0.359 e. The van der Waals surface area contributed by atoms with Gasteiger partial charge in [0.2, 0.25) is 0 Å². The first-order valence-corrected chi connectivity index (χ1v) is 7.10. The molecule has 0 bridgehead atoms. The minimum absolute atomic E-state index is 0.0155. The number of aromatic nitrogens is 2. The number of ether oxygens (including phenoxy) is 5. The van der Waals surface area contributed by atoms with Crippen molar-refractivity contribution >= 4 is 11.9 Å². The Labute approximate surface area is 132 Å². The van der Waals surface area contributed by atoms with Gasteiger partial charge in [-0.05, 0) is 13.8 Å². The van der Waals surface area contributed by atoms with Crippen molar-refractivity contribution in [3.8, 4) is 0 Å². The summed E-state index contributed by atoms with van der Waals surface area (Å²) in [4.78, 5) is 23.9. The second-order valence-corrected chi connectivity index (χ2v) is 5.74. The monoisotopic (exact) mass is 326 g/mol. The number of esters is 2. The van der Waals surface area contributed by atoms with E-state index in [0.717, 1.165) is 0 Å². The zero-order valence-electron chi connectivity index (χ0n) is 13.2. The van der Waals surface area contributed by atoms with Gasteiger partial charge in [-0.15, -0.1) is 0 Å². The summed E-state index contributed by atoms with van der Waals surface area (Å²) < 4.78 is 26.6. The van der Waals surface area contributed by atoms with Crippen LogP contribution in [0.2, 0.25) is 0 Å². The first-order valence-electron chi connectivity index (χ1n) is 7.10. The van der Waals surface area contributed by atoms with Crippen molar-refractivity contribution in [1.82, 2.24) is 10.2 Å². The van der Waals surface area contributed by atoms with E-state index in [9.17, 15) is 9.59 Å². The van der Waals surface area contributed by atoms with E-state index in [1.54, 1.807) is 13.8 Å². The molecular weight excluding hydrogens is 308 g/mol. The number of nitrogens with one attached hydrogen (secondary N) is 1. The van der Waals surface area contributed by atoms with Gasteiger partial charge in [-0.3, -0.25) is 5.10 Å². The number of hydrogen-bond donors (Lipinski definition) is 1. The Morgan fingerprint density at radius 2 is 1.91 bits per heavy atom. The summed E-state index contributed by atoms with van der Waals surface area (Å²) in [6.45, 7) is 3.92. The summed E-state index contributed by atoms with van der Waals surface area (Å²) in [6.07, 6.45) is -1.30. The standard InChI is InChI=1S/C14H18N2O7/c1-14(2)22-6-5-21-11(10(6)23-14)8-7(12(17)19-3)9(16-15-8)13(18)20-4/h6,10-11H,5H2,1-4H3,(H,15,16)/t6-,10-,11-/m0/s1. The first-order chi connectivity index (χ1) is 10.9. The van der Waals surface area contributed by atoms with E-state index in [0.29, 0.717) is 12.3 Å². The second-order valence-electron chi connectivity index (χ2n) is 5.74. The molecule has 3 rings (SSSR count). The zero-order valence-corrected chi connectivity index (χ0v) is 13.2. The van der Waals surface area contributed by atoms with Crippen LogP contribution in [0.5, 0.6) is 0 Å². The summed E-state index contributed by atoms with van der Waals surface area (Å²) in [7, 11) is 2.42. The summed E-state index contributed by atoms with van der Waals surface area (Å²) in [5.74, 6) is -2.20. The van der Waals surface area contributed by atoms with E-state index in [4.69, 9.17) is 18.9 Å². The SMILES string of the molecule is COC(=O)c1n[nH]c([C@@H]2OC[C@@H]3OC(C)(C)O[C@@H]32)c1C(=O)OC. The number of nitrogens with zero attached hydrogens (tertiary/aromatic N) is 1. The summed E-state index contributed by atoms with van der Waals surface area (Å²) in [6, 6.07) is 0. The summed E-state index contributed by atoms with van der Waals surface area (Å²) >= 11 is 0. The number of rotatable bonds is 3. The van der Waals surface area contributed by atoms with Crippen LogP contribution in [0.4, 0.5) is 0 Å². The molecule has 23 heavy (non-hydrogen) atoms. The molecule has 3 atom stereocenters. The molecule has 2 aliphatic heterocycles. The molecule has 0 aromatic carbocycles. The highest BCUT2D eigenvalue weighted by atomic mass is 16.8. The fourth-order valence-electron chi connectivity index (χ4n) is 2.90. The van der Waals surface area contributed by atoms with E-state index >= 15 is 0 Å². The largest absolute Gasteiger partial charge is 0.465 e. The van der Waals surface area contributed by atoms with Crippen LogP contribution in [0.25, 0.3) is 0 Å². The predicted molar refractivity (Wildman–Crippen MR) is 73.8 cm³/mol. The molecule has 0 spiro atoms. The topological polar surface area (TPSA) is 109 Å². The van der Waals surface area contributed by atoms with E-state index in [2.05, 4.69) is 14.9 Å². The minimum atomic E-state index is -0.744. The van der Waals surface area contributed by atoms with Crippen LogP contribution >= 0.6 is 0 Å². The number of carbonyl (C=O) groups excluding carboxylic acids is 2. The minimum Gasteiger partial charge on any atom is -0.465 e. The molecule has 2 fully saturated rings. The van der Waals surface area contributed by atoms with E-state index in [1.165, 1.54) is 14.2 Å². The average molecular weight is 326 g/mol. The van der Waals surface area contributed by atoms with Crippen LogP contribution in [0, 0.1) is 0 Å². The van der Waals surface area contributed by atoms with Gasteiger partial charge in [0.15, 0.2) is 11.5 Å². The zero-order chi connectivity index (χ0) is 16.8. The number of aromatic amines is 1. The molecule has 1 aromatic rings. The van der Waals surface area contributed by atoms with Gasteiger partial charge in [0.25, 0.3) is 0 Å². The van der Waals surface area contributed by atoms with Crippen LogP contribution in [0.1, 0.15) is 46.5 Å². The molecule has 9 heteroatoms. The Morgan fingerprint density at radius 3 is 2.57 bits per heavy atom. The lowest BCUT2D eigenvalue weighted by molar-refractivity contribution is -0.176. The van der Waals surface area contributed by atoms with Crippen molar-refractivity contribution < 1.29 is 33.3 Å². The van der Waals surface area contributed by atoms with Crippen molar-refractivity contribution in [1.29, 1.82) is 0 Å².